The molecule has 1 aromatic carbocycles. The van der Waals surface area contributed by atoms with Gasteiger partial charge >= 0.3 is 0 Å². The summed E-state index contributed by atoms with van der Waals surface area (Å²) in [5.41, 5.74) is 1.66. The molecule has 6 nitrogen and oxygen atoms in total. The number of benzene rings is 1. The second kappa shape index (κ2) is 11.4. The summed E-state index contributed by atoms with van der Waals surface area (Å²) in [7, 11) is 0. The third-order valence-electron chi connectivity index (χ3n) is 4.02. The fourth-order valence-corrected chi connectivity index (χ4v) is 5.05. The van der Waals surface area contributed by atoms with Crippen LogP contribution in [0.3, 0.4) is 0 Å². The number of amides is 1. The van der Waals surface area contributed by atoms with E-state index in [1.165, 1.54) is 23.1 Å². The Kier molecular flexibility index (Phi) is 8.61. The molecule has 31 heavy (non-hydrogen) atoms. The summed E-state index contributed by atoms with van der Waals surface area (Å²) in [6.07, 6.45) is 3.41. The van der Waals surface area contributed by atoms with E-state index in [0.29, 0.717) is 32.7 Å². The summed E-state index contributed by atoms with van der Waals surface area (Å²) in [6.45, 7) is 4.39. The first kappa shape index (κ1) is 23.4. The first-order valence-electron chi connectivity index (χ1n) is 9.39. The van der Waals surface area contributed by atoms with Crippen molar-refractivity contribution in [3.05, 3.63) is 54.4 Å². The predicted octanol–water partition coefficient (Wildman–Crippen LogP) is 5.42. The van der Waals surface area contributed by atoms with Crippen LogP contribution in [0.15, 0.2) is 58.0 Å². The van der Waals surface area contributed by atoms with E-state index in [1.54, 1.807) is 36.7 Å². The molecule has 0 saturated heterocycles. The Hall–Kier alpha value is -2.24. The number of hydrogen-bond acceptors (Lipinski definition) is 8. The molecule has 164 valence electrons. The largest absolute Gasteiger partial charge is 0.351 e. The SMILES string of the molecule is CC(C)C(Sc1nnc(Nc2ccc(SC(F)F)cc2)s1)C(=O)NCc1cccnc1. The molecule has 2 aromatic heterocycles. The molecule has 0 radical (unpaired) electrons. The first-order valence-corrected chi connectivity index (χ1v) is 12.0. The molecule has 1 atom stereocenters. The molecular weight excluding hydrogens is 460 g/mol. The quantitative estimate of drug-likeness (QED) is 0.374. The number of nitrogens with zero attached hydrogens (tertiary/aromatic N) is 3. The zero-order chi connectivity index (χ0) is 22.2. The average molecular weight is 482 g/mol. The van der Waals surface area contributed by atoms with Crippen LogP contribution in [0.25, 0.3) is 0 Å². The van der Waals surface area contributed by atoms with Crippen LogP contribution in [-0.4, -0.2) is 32.1 Å². The minimum atomic E-state index is -2.45. The van der Waals surface area contributed by atoms with E-state index in [9.17, 15) is 13.6 Å². The maximum Gasteiger partial charge on any atom is 0.288 e. The lowest BCUT2D eigenvalue weighted by atomic mass is 10.1. The monoisotopic (exact) mass is 481 g/mol. The highest BCUT2D eigenvalue weighted by atomic mass is 32.2. The number of alkyl halides is 2. The third kappa shape index (κ3) is 7.44. The highest BCUT2D eigenvalue weighted by Gasteiger charge is 2.25. The number of aromatic nitrogens is 3. The summed E-state index contributed by atoms with van der Waals surface area (Å²) in [5.74, 6) is -2.42. The van der Waals surface area contributed by atoms with Gasteiger partial charge in [-0.3, -0.25) is 9.78 Å². The van der Waals surface area contributed by atoms with Gasteiger partial charge in [-0.1, -0.05) is 54.8 Å². The Bertz CT molecular complexity index is 970. The lowest BCUT2D eigenvalue weighted by molar-refractivity contribution is -0.121. The lowest BCUT2D eigenvalue weighted by Gasteiger charge is -2.18. The van der Waals surface area contributed by atoms with E-state index in [1.807, 2.05) is 26.0 Å². The molecule has 0 aliphatic heterocycles. The van der Waals surface area contributed by atoms with Crippen molar-refractivity contribution in [2.24, 2.45) is 5.92 Å². The standard InChI is InChI=1S/C20H21F2N5OS3/c1-12(2)16(17(28)24-11-13-4-3-9-23-10-13)30-20-27-26-19(31-20)25-14-5-7-15(8-6-14)29-18(21)22/h3-10,12,16,18H,11H2,1-2H3,(H,24,28)(H,25,26). The molecule has 2 N–H and O–H groups in total. The van der Waals surface area contributed by atoms with Crippen LogP contribution in [0.5, 0.6) is 0 Å². The van der Waals surface area contributed by atoms with Crippen LogP contribution in [0.2, 0.25) is 0 Å². The number of halogens is 2. The normalized spacial score (nSPS) is 12.2. The predicted molar refractivity (Wildman–Crippen MR) is 122 cm³/mol. The lowest BCUT2D eigenvalue weighted by Crippen LogP contribution is -2.35. The van der Waals surface area contributed by atoms with E-state index >= 15 is 0 Å². The van der Waals surface area contributed by atoms with Gasteiger partial charge in [-0.25, -0.2) is 0 Å². The van der Waals surface area contributed by atoms with Gasteiger partial charge in [0.2, 0.25) is 11.0 Å². The number of nitrogens with one attached hydrogen (secondary N) is 2. The number of thioether (sulfide) groups is 2. The van der Waals surface area contributed by atoms with Crippen LogP contribution < -0.4 is 10.6 Å². The summed E-state index contributed by atoms with van der Waals surface area (Å²) in [4.78, 5) is 17.2. The maximum absolute atomic E-state index is 12.7. The van der Waals surface area contributed by atoms with Crippen LogP contribution in [0.4, 0.5) is 19.6 Å². The first-order chi connectivity index (χ1) is 14.9. The van der Waals surface area contributed by atoms with Gasteiger partial charge in [0.05, 0.1) is 5.25 Å². The second-order valence-corrected chi connectivity index (χ2v) is 10.2. The number of carbonyl (C=O) groups is 1. The van der Waals surface area contributed by atoms with Gasteiger partial charge < -0.3 is 10.6 Å². The molecule has 1 amide bonds. The second-order valence-electron chi connectivity index (χ2n) is 6.76. The van der Waals surface area contributed by atoms with Crippen LogP contribution in [-0.2, 0) is 11.3 Å². The fourth-order valence-electron chi connectivity index (χ4n) is 2.54. The Morgan fingerprint density at radius 1 is 1.13 bits per heavy atom. The molecule has 2 heterocycles. The summed E-state index contributed by atoms with van der Waals surface area (Å²) < 4.78 is 25.5. The Balaban J connectivity index is 1.57. The molecule has 1 unspecified atom stereocenters. The van der Waals surface area contributed by atoms with Crippen LogP contribution in [0.1, 0.15) is 19.4 Å². The Morgan fingerprint density at radius 2 is 1.90 bits per heavy atom. The van der Waals surface area contributed by atoms with Crippen molar-refractivity contribution in [3.8, 4) is 0 Å². The molecule has 0 aliphatic carbocycles. The fraction of sp³-hybridized carbons (Fsp3) is 0.300. The van der Waals surface area contributed by atoms with Gasteiger partial charge in [0, 0.05) is 29.5 Å². The minimum Gasteiger partial charge on any atom is -0.351 e. The van der Waals surface area contributed by atoms with Gasteiger partial charge in [-0.05, 0) is 41.8 Å². The Labute approximate surface area is 191 Å². The molecule has 3 aromatic rings. The zero-order valence-electron chi connectivity index (χ0n) is 16.8. The number of hydrogen-bond donors (Lipinski definition) is 2. The number of rotatable bonds is 10. The molecular formula is C20H21F2N5OS3. The topological polar surface area (TPSA) is 79.8 Å². The summed E-state index contributed by atoms with van der Waals surface area (Å²) in [5, 5.41) is 14.6. The highest BCUT2D eigenvalue weighted by molar-refractivity contribution is 8.02. The molecule has 0 aliphatic rings. The molecule has 0 spiro atoms. The number of anilines is 2. The van der Waals surface area contributed by atoms with Crippen molar-refractivity contribution in [3.63, 3.8) is 0 Å². The van der Waals surface area contributed by atoms with E-state index in [2.05, 4.69) is 25.8 Å². The average Bonchev–Trinajstić information content (AvgIpc) is 3.19. The smallest absolute Gasteiger partial charge is 0.288 e. The highest BCUT2D eigenvalue weighted by Crippen LogP contribution is 2.34. The molecule has 0 fully saturated rings. The van der Waals surface area contributed by atoms with Gasteiger partial charge in [-0.15, -0.1) is 10.2 Å². The Morgan fingerprint density at radius 3 is 2.55 bits per heavy atom. The van der Waals surface area contributed by atoms with Gasteiger partial charge in [0.1, 0.15) is 0 Å². The third-order valence-corrected chi connectivity index (χ3v) is 7.21. The van der Waals surface area contributed by atoms with E-state index in [4.69, 9.17) is 0 Å². The van der Waals surface area contributed by atoms with Crippen molar-refractivity contribution in [1.29, 1.82) is 0 Å². The van der Waals surface area contributed by atoms with Gasteiger partial charge in [0.25, 0.3) is 5.76 Å². The van der Waals surface area contributed by atoms with Crippen LogP contribution >= 0.6 is 34.9 Å². The van der Waals surface area contributed by atoms with Crippen molar-refractivity contribution in [2.75, 3.05) is 5.32 Å². The van der Waals surface area contributed by atoms with Crippen molar-refractivity contribution >= 4 is 51.6 Å². The van der Waals surface area contributed by atoms with E-state index < -0.39 is 5.76 Å². The zero-order valence-corrected chi connectivity index (χ0v) is 19.2. The molecule has 0 saturated carbocycles. The van der Waals surface area contributed by atoms with Gasteiger partial charge in [-0.2, -0.15) is 8.78 Å². The molecule has 3 rings (SSSR count). The summed E-state index contributed by atoms with van der Waals surface area (Å²) in [6, 6.07) is 10.4. The molecule has 0 bridgehead atoms. The van der Waals surface area contributed by atoms with E-state index in [0.717, 1.165) is 11.3 Å². The van der Waals surface area contributed by atoms with Crippen molar-refractivity contribution in [1.82, 2.24) is 20.5 Å². The van der Waals surface area contributed by atoms with E-state index in [-0.39, 0.29) is 17.1 Å². The number of pyridine rings is 1. The maximum atomic E-state index is 12.7. The number of carbonyl (C=O) groups excluding carboxylic acids is 1. The van der Waals surface area contributed by atoms with Crippen molar-refractivity contribution < 1.29 is 13.6 Å². The minimum absolute atomic E-state index is 0.0688. The van der Waals surface area contributed by atoms with Crippen molar-refractivity contribution in [2.45, 2.75) is 40.6 Å². The van der Waals surface area contributed by atoms with Crippen LogP contribution in [0, 0.1) is 5.92 Å². The van der Waals surface area contributed by atoms with Gasteiger partial charge in [0.15, 0.2) is 4.34 Å². The molecule has 11 heteroatoms. The summed E-state index contributed by atoms with van der Waals surface area (Å²) >= 11 is 3.21.